The topological polar surface area (TPSA) is 58.9 Å². The van der Waals surface area contributed by atoms with Gasteiger partial charge in [0.05, 0.1) is 11.6 Å². The van der Waals surface area contributed by atoms with Gasteiger partial charge in [0.25, 0.3) is 0 Å². The third kappa shape index (κ3) is 2.14. The molecule has 6 nitrogen and oxygen atoms in total. The van der Waals surface area contributed by atoms with E-state index in [1.54, 1.807) is 11.0 Å². The van der Waals surface area contributed by atoms with Crippen molar-refractivity contribution >= 4 is 16.9 Å². The van der Waals surface area contributed by atoms with Gasteiger partial charge in [-0.3, -0.25) is 4.68 Å². The maximum atomic E-state index is 4.39. The minimum Gasteiger partial charge on any atom is -0.367 e. The molecular weight excluding hydrogens is 252 g/mol. The fraction of sp³-hybridized carbons (Fsp3) is 0.643. The number of anilines is 1. The van der Waals surface area contributed by atoms with Crippen LogP contribution in [0.3, 0.4) is 0 Å². The molecule has 1 aliphatic carbocycles. The van der Waals surface area contributed by atoms with Crippen LogP contribution in [0, 0.1) is 0 Å². The standard InChI is InChI=1S/C14H20N6/c1-19-14-12(8-17-19)13(15-9-16-14)18-10-4-6-20(7-5-10)11-2-3-11/h8-11H,2-7H2,1H3,(H,15,16,18). The maximum absolute atomic E-state index is 4.39. The molecule has 1 N–H and O–H groups in total. The Morgan fingerprint density at radius 3 is 2.70 bits per heavy atom. The van der Waals surface area contributed by atoms with Crippen LogP contribution in [0.5, 0.6) is 0 Å². The highest BCUT2D eigenvalue weighted by Crippen LogP contribution is 2.30. The van der Waals surface area contributed by atoms with Crippen LogP contribution in [0.4, 0.5) is 5.82 Å². The van der Waals surface area contributed by atoms with Gasteiger partial charge in [0.15, 0.2) is 5.65 Å². The molecule has 106 valence electrons. The van der Waals surface area contributed by atoms with E-state index in [1.165, 1.54) is 38.8 Å². The van der Waals surface area contributed by atoms with Crippen molar-refractivity contribution in [1.29, 1.82) is 0 Å². The quantitative estimate of drug-likeness (QED) is 0.915. The first-order valence-electron chi connectivity index (χ1n) is 7.44. The number of nitrogens with zero attached hydrogens (tertiary/aromatic N) is 5. The Kier molecular flexibility index (Phi) is 2.84. The van der Waals surface area contributed by atoms with Crippen molar-refractivity contribution in [1.82, 2.24) is 24.6 Å². The summed E-state index contributed by atoms with van der Waals surface area (Å²) in [5.41, 5.74) is 0.887. The van der Waals surface area contributed by atoms with Crippen molar-refractivity contribution in [2.75, 3.05) is 18.4 Å². The van der Waals surface area contributed by atoms with Gasteiger partial charge < -0.3 is 10.2 Å². The lowest BCUT2D eigenvalue weighted by atomic mass is 10.0. The summed E-state index contributed by atoms with van der Waals surface area (Å²) >= 11 is 0. The summed E-state index contributed by atoms with van der Waals surface area (Å²) in [4.78, 5) is 11.3. The largest absolute Gasteiger partial charge is 0.367 e. The number of hydrogen-bond donors (Lipinski definition) is 1. The zero-order valence-electron chi connectivity index (χ0n) is 11.8. The minimum atomic E-state index is 0.517. The van der Waals surface area contributed by atoms with E-state index >= 15 is 0 Å². The van der Waals surface area contributed by atoms with E-state index < -0.39 is 0 Å². The summed E-state index contributed by atoms with van der Waals surface area (Å²) in [6.45, 7) is 2.42. The summed E-state index contributed by atoms with van der Waals surface area (Å²) < 4.78 is 1.79. The van der Waals surface area contributed by atoms with Gasteiger partial charge in [-0.05, 0) is 25.7 Å². The van der Waals surface area contributed by atoms with Crippen LogP contribution in [-0.4, -0.2) is 49.8 Å². The van der Waals surface area contributed by atoms with Crippen LogP contribution in [0.15, 0.2) is 12.5 Å². The molecule has 6 heteroatoms. The average Bonchev–Trinajstić information content (AvgIpc) is 3.25. The van der Waals surface area contributed by atoms with Crippen LogP contribution < -0.4 is 5.32 Å². The summed E-state index contributed by atoms with van der Waals surface area (Å²) in [6.07, 6.45) is 8.66. The van der Waals surface area contributed by atoms with E-state index in [0.717, 1.165) is 22.9 Å². The van der Waals surface area contributed by atoms with Gasteiger partial charge in [0, 0.05) is 32.2 Å². The van der Waals surface area contributed by atoms with E-state index in [9.17, 15) is 0 Å². The SMILES string of the molecule is Cn1ncc2c(NC3CCN(C4CC4)CC3)ncnc21. The van der Waals surface area contributed by atoms with Crippen LogP contribution in [0.1, 0.15) is 25.7 Å². The lowest BCUT2D eigenvalue weighted by Gasteiger charge is -2.32. The van der Waals surface area contributed by atoms with Gasteiger partial charge in [0.1, 0.15) is 12.1 Å². The molecule has 1 saturated heterocycles. The Bertz CT molecular complexity index is 609. The van der Waals surface area contributed by atoms with Gasteiger partial charge in [-0.1, -0.05) is 0 Å². The van der Waals surface area contributed by atoms with Gasteiger partial charge >= 0.3 is 0 Å². The van der Waals surface area contributed by atoms with Crippen LogP contribution in [-0.2, 0) is 7.05 Å². The van der Waals surface area contributed by atoms with E-state index in [2.05, 4.69) is 25.3 Å². The maximum Gasteiger partial charge on any atom is 0.163 e. The van der Waals surface area contributed by atoms with E-state index in [4.69, 9.17) is 0 Å². The molecule has 2 aliphatic rings. The molecule has 0 radical (unpaired) electrons. The van der Waals surface area contributed by atoms with Crippen molar-refractivity contribution in [2.24, 2.45) is 7.05 Å². The molecule has 0 unspecified atom stereocenters. The normalized spacial score (nSPS) is 21.4. The molecule has 2 aromatic heterocycles. The molecule has 3 heterocycles. The highest BCUT2D eigenvalue weighted by Gasteiger charge is 2.31. The smallest absolute Gasteiger partial charge is 0.163 e. The van der Waals surface area contributed by atoms with Crippen LogP contribution >= 0.6 is 0 Å². The third-order valence-electron chi connectivity index (χ3n) is 4.46. The van der Waals surface area contributed by atoms with Gasteiger partial charge in [-0.2, -0.15) is 5.10 Å². The number of aromatic nitrogens is 4. The van der Waals surface area contributed by atoms with Gasteiger partial charge in [0.2, 0.25) is 0 Å². The number of nitrogens with one attached hydrogen (secondary N) is 1. The molecule has 0 spiro atoms. The monoisotopic (exact) mass is 272 g/mol. The Morgan fingerprint density at radius 1 is 1.15 bits per heavy atom. The van der Waals surface area contributed by atoms with E-state index in [1.807, 2.05) is 13.2 Å². The predicted molar refractivity (Wildman–Crippen MR) is 77.5 cm³/mol. The first kappa shape index (κ1) is 12.1. The van der Waals surface area contributed by atoms with E-state index in [0.29, 0.717) is 6.04 Å². The van der Waals surface area contributed by atoms with Gasteiger partial charge in [-0.25, -0.2) is 9.97 Å². The lowest BCUT2D eigenvalue weighted by Crippen LogP contribution is -2.40. The molecule has 1 aliphatic heterocycles. The van der Waals surface area contributed by atoms with Gasteiger partial charge in [-0.15, -0.1) is 0 Å². The molecule has 2 aromatic rings. The minimum absolute atomic E-state index is 0.517. The molecule has 20 heavy (non-hydrogen) atoms. The summed E-state index contributed by atoms with van der Waals surface area (Å²) in [5.74, 6) is 0.924. The molecule has 0 amide bonds. The molecule has 0 aromatic carbocycles. The number of likely N-dealkylation sites (tertiary alicyclic amines) is 1. The van der Waals surface area contributed by atoms with Crippen LogP contribution in [0.25, 0.3) is 11.0 Å². The second-order valence-corrected chi connectivity index (χ2v) is 5.91. The Hall–Kier alpha value is -1.69. The van der Waals surface area contributed by atoms with Crippen molar-refractivity contribution < 1.29 is 0 Å². The summed E-state index contributed by atoms with van der Waals surface area (Å²) in [5, 5.41) is 8.86. The van der Waals surface area contributed by atoms with Crippen molar-refractivity contribution in [3.63, 3.8) is 0 Å². The van der Waals surface area contributed by atoms with Crippen LogP contribution in [0.2, 0.25) is 0 Å². The fourth-order valence-electron chi connectivity index (χ4n) is 3.12. The van der Waals surface area contributed by atoms with Crippen molar-refractivity contribution in [3.05, 3.63) is 12.5 Å². The number of fused-ring (bicyclic) bond motifs is 1. The second-order valence-electron chi connectivity index (χ2n) is 5.91. The number of aryl methyl sites for hydroxylation is 1. The van der Waals surface area contributed by atoms with Crippen molar-refractivity contribution in [2.45, 2.75) is 37.8 Å². The molecule has 0 bridgehead atoms. The number of hydrogen-bond acceptors (Lipinski definition) is 5. The fourth-order valence-corrected chi connectivity index (χ4v) is 3.12. The zero-order valence-corrected chi connectivity index (χ0v) is 11.8. The molecule has 4 rings (SSSR count). The predicted octanol–water partition coefficient (Wildman–Crippen LogP) is 1.40. The summed E-state index contributed by atoms with van der Waals surface area (Å²) in [6, 6.07) is 1.41. The molecule has 2 fully saturated rings. The highest BCUT2D eigenvalue weighted by molar-refractivity contribution is 5.86. The number of piperidine rings is 1. The first-order chi connectivity index (χ1) is 9.81. The van der Waals surface area contributed by atoms with Crippen molar-refractivity contribution in [3.8, 4) is 0 Å². The summed E-state index contributed by atoms with van der Waals surface area (Å²) in [7, 11) is 1.91. The molecule has 0 atom stereocenters. The Balaban J connectivity index is 1.47. The lowest BCUT2D eigenvalue weighted by molar-refractivity contribution is 0.210. The third-order valence-corrected chi connectivity index (χ3v) is 4.46. The molecular formula is C14H20N6. The van der Waals surface area contributed by atoms with E-state index in [-0.39, 0.29) is 0 Å². The Labute approximate surface area is 118 Å². The second kappa shape index (κ2) is 4.70. The first-order valence-corrected chi connectivity index (χ1v) is 7.44. The Morgan fingerprint density at radius 2 is 1.95 bits per heavy atom. The average molecular weight is 272 g/mol. The highest BCUT2D eigenvalue weighted by atomic mass is 15.3. The zero-order chi connectivity index (χ0) is 13.5. The number of rotatable bonds is 3. The molecule has 1 saturated carbocycles.